The van der Waals surface area contributed by atoms with Crippen molar-refractivity contribution in [2.24, 2.45) is 0 Å². The molecule has 0 saturated carbocycles. The second-order valence-corrected chi connectivity index (χ2v) is 8.03. The zero-order chi connectivity index (χ0) is 22.9. The van der Waals surface area contributed by atoms with Gasteiger partial charge in [-0.05, 0) is 30.2 Å². The van der Waals surface area contributed by atoms with E-state index in [1.54, 1.807) is 0 Å². The van der Waals surface area contributed by atoms with Crippen LogP contribution >= 0.6 is 11.6 Å². The Labute approximate surface area is 187 Å². The van der Waals surface area contributed by atoms with Crippen molar-refractivity contribution in [1.29, 1.82) is 0 Å². The first-order valence-electron chi connectivity index (χ1n) is 10.1. The second kappa shape index (κ2) is 8.91. The van der Waals surface area contributed by atoms with E-state index in [-0.39, 0.29) is 10.8 Å². The van der Waals surface area contributed by atoms with E-state index in [4.69, 9.17) is 11.6 Å². The molecule has 3 aromatic rings. The van der Waals surface area contributed by atoms with Crippen LogP contribution in [-0.4, -0.2) is 45.8 Å². The van der Waals surface area contributed by atoms with Gasteiger partial charge in [0.2, 0.25) is 0 Å². The molecule has 0 bridgehead atoms. The summed E-state index contributed by atoms with van der Waals surface area (Å²) in [7, 11) is 0. The molecule has 0 amide bonds. The van der Waals surface area contributed by atoms with E-state index >= 15 is 0 Å². The molecule has 0 aliphatic carbocycles. The van der Waals surface area contributed by atoms with Crippen LogP contribution in [0.4, 0.5) is 18.9 Å². The highest BCUT2D eigenvalue weighted by Gasteiger charge is 2.31. The van der Waals surface area contributed by atoms with Crippen LogP contribution in [0.3, 0.4) is 0 Å². The lowest BCUT2D eigenvalue weighted by Crippen LogP contribution is -2.46. The molecule has 4 rings (SSSR count). The number of benzene rings is 1. The van der Waals surface area contributed by atoms with Gasteiger partial charge in [0.05, 0.1) is 17.4 Å². The Morgan fingerprint density at radius 3 is 2.38 bits per heavy atom. The molecule has 1 saturated heterocycles. The van der Waals surface area contributed by atoms with Crippen molar-refractivity contribution in [2.45, 2.75) is 19.6 Å². The smallest absolute Gasteiger partial charge is 0.366 e. The minimum Gasteiger partial charge on any atom is -0.366 e. The SMILES string of the molecule is Cc1ccccc1CN1CCN(c2cnn(-c3ccc(C(F)(F)F)cn3)c(=O)c2Cl)CC1. The Bertz CT molecular complexity index is 1160. The summed E-state index contributed by atoms with van der Waals surface area (Å²) in [5.74, 6) is -0.0282. The van der Waals surface area contributed by atoms with Crippen LogP contribution in [0.1, 0.15) is 16.7 Å². The Balaban J connectivity index is 1.47. The molecule has 1 aliphatic heterocycles. The zero-order valence-corrected chi connectivity index (χ0v) is 18.1. The molecule has 168 valence electrons. The lowest BCUT2D eigenvalue weighted by atomic mass is 10.1. The van der Waals surface area contributed by atoms with Crippen LogP contribution in [0.25, 0.3) is 5.82 Å². The third-order valence-electron chi connectivity index (χ3n) is 5.56. The van der Waals surface area contributed by atoms with Crippen molar-refractivity contribution >= 4 is 17.3 Å². The first-order valence-corrected chi connectivity index (χ1v) is 10.4. The number of hydrogen-bond acceptors (Lipinski definition) is 5. The van der Waals surface area contributed by atoms with Gasteiger partial charge in [-0.15, -0.1) is 0 Å². The van der Waals surface area contributed by atoms with Crippen molar-refractivity contribution in [1.82, 2.24) is 19.7 Å². The maximum Gasteiger partial charge on any atom is 0.417 e. The van der Waals surface area contributed by atoms with Crippen molar-refractivity contribution in [3.8, 4) is 5.82 Å². The fourth-order valence-corrected chi connectivity index (χ4v) is 3.91. The van der Waals surface area contributed by atoms with E-state index in [1.807, 2.05) is 17.0 Å². The van der Waals surface area contributed by atoms with Crippen LogP contribution in [-0.2, 0) is 12.7 Å². The normalized spacial score (nSPS) is 15.2. The number of piperazine rings is 1. The summed E-state index contributed by atoms with van der Waals surface area (Å²) >= 11 is 6.34. The molecule has 6 nitrogen and oxygen atoms in total. The number of halogens is 4. The van der Waals surface area contributed by atoms with E-state index in [0.717, 1.165) is 36.4 Å². The number of rotatable bonds is 4. The molecule has 0 N–H and O–H groups in total. The summed E-state index contributed by atoms with van der Waals surface area (Å²) in [6, 6.07) is 10.2. The molecule has 1 aromatic carbocycles. The first kappa shape index (κ1) is 22.3. The van der Waals surface area contributed by atoms with Crippen LogP contribution in [0.5, 0.6) is 0 Å². The van der Waals surface area contributed by atoms with Gasteiger partial charge < -0.3 is 4.90 Å². The molecule has 2 aromatic heterocycles. The van der Waals surface area contributed by atoms with Crippen LogP contribution < -0.4 is 10.5 Å². The van der Waals surface area contributed by atoms with E-state index in [2.05, 4.69) is 34.0 Å². The minimum atomic E-state index is -4.51. The standard InChI is InChI=1S/C22H21ClF3N5O/c1-15-4-2-3-5-16(15)14-29-8-10-30(11-9-29)18-13-28-31(21(32)20(18)23)19-7-6-17(12-27-19)22(24,25)26/h2-7,12-13H,8-11,14H2,1H3. The van der Waals surface area contributed by atoms with E-state index in [9.17, 15) is 18.0 Å². The number of pyridine rings is 1. The van der Waals surface area contributed by atoms with Gasteiger partial charge in [0.15, 0.2) is 5.82 Å². The molecule has 10 heteroatoms. The molecular weight excluding hydrogens is 443 g/mol. The molecule has 32 heavy (non-hydrogen) atoms. The average molecular weight is 464 g/mol. The van der Waals surface area contributed by atoms with Gasteiger partial charge in [-0.2, -0.15) is 23.0 Å². The van der Waals surface area contributed by atoms with Crippen molar-refractivity contribution in [3.63, 3.8) is 0 Å². The Hall–Kier alpha value is -2.91. The number of hydrogen-bond donors (Lipinski definition) is 0. The van der Waals surface area contributed by atoms with Gasteiger partial charge in [0, 0.05) is 38.9 Å². The highest BCUT2D eigenvalue weighted by atomic mass is 35.5. The van der Waals surface area contributed by atoms with Crippen molar-refractivity contribution < 1.29 is 13.2 Å². The van der Waals surface area contributed by atoms with E-state index in [1.165, 1.54) is 17.3 Å². The Morgan fingerprint density at radius 1 is 1.03 bits per heavy atom. The van der Waals surface area contributed by atoms with Crippen molar-refractivity contribution in [2.75, 3.05) is 31.1 Å². The summed E-state index contributed by atoms with van der Waals surface area (Å²) in [6.07, 6.45) is -2.38. The summed E-state index contributed by atoms with van der Waals surface area (Å²) in [5.41, 5.74) is 1.52. The second-order valence-electron chi connectivity index (χ2n) is 7.65. The molecule has 0 spiro atoms. The van der Waals surface area contributed by atoms with E-state index < -0.39 is 17.3 Å². The predicted molar refractivity (Wildman–Crippen MR) is 116 cm³/mol. The van der Waals surface area contributed by atoms with Crippen LogP contribution in [0, 0.1) is 6.92 Å². The Kier molecular flexibility index (Phi) is 6.21. The zero-order valence-electron chi connectivity index (χ0n) is 17.3. The van der Waals surface area contributed by atoms with Crippen LogP contribution in [0.15, 0.2) is 53.6 Å². The predicted octanol–water partition coefficient (Wildman–Crippen LogP) is 3.93. The van der Waals surface area contributed by atoms with Gasteiger partial charge in [-0.3, -0.25) is 9.69 Å². The highest BCUT2D eigenvalue weighted by Crippen LogP contribution is 2.29. The lowest BCUT2D eigenvalue weighted by molar-refractivity contribution is -0.137. The average Bonchev–Trinajstić information content (AvgIpc) is 2.77. The molecular formula is C22H21ClF3N5O. The quantitative estimate of drug-likeness (QED) is 0.587. The fourth-order valence-electron chi connectivity index (χ4n) is 3.66. The molecule has 0 radical (unpaired) electrons. The van der Waals surface area contributed by atoms with Crippen LogP contribution in [0.2, 0.25) is 5.02 Å². The number of aryl methyl sites for hydroxylation is 1. The first-order chi connectivity index (χ1) is 15.2. The van der Waals surface area contributed by atoms with Gasteiger partial charge >= 0.3 is 6.18 Å². The van der Waals surface area contributed by atoms with E-state index in [0.29, 0.717) is 25.0 Å². The lowest BCUT2D eigenvalue weighted by Gasteiger charge is -2.36. The van der Waals surface area contributed by atoms with Gasteiger partial charge in [0.1, 0.15) is 5.02 Å². The molecule has 1 aliphatic rings. The molecule has 0 atom stereocenters. The summed E-state index contributed by atoms with van der Waals surface area (Å²) in [6.45, 7) is 5.90. The largest absolute Gasteiger partial charge is 0.417 e. The third-order valence-corrected chi connectivity index (χ3v) is 5.92. The Morgan fingerprint density at radius 2 is 1.75 bits per heavy atom. The van der Waals surface area contributed by atoms with Gasteiger partial charge in [-0.25, -0.2) is 4.98 Å². The number of nitrogens with zero attached hydrogens (tertiary/aromatic N) is 5. The maximum absolute atomic E-state index is 12.7. The minimum absolute atomic E-state index is 0.0282. The topological polar surface area (TPSA) is 54.3 Å². The molecule has 1 fully saturated rings. The number of alkyl halides is 3. The summed E-state index contributed by atoms with van der Waals surface area (Å²) < 4.78 is 39.1. The highest BCUT2D eigenvalue weighted by molar-refractivity contribution is 6.33. The summed E-state index contributed by atoms with van der Waals surface area (Å²) in [5, 5.41) is 4.06. The molecule has 0 unspecified atom stereocenters. The fraction of sp³-hybridized carbons (Fsp3) is 0.318. The van der Waals surface area contributed by atoms with Gasteiger partial charge in [0.25, 0.3) is 5.56 Å². The van der Waals surface area contributed by atoms with Crippen molar-refractivity contribution in [3.05, 3.63) is 80.9 Å². The third kappa shape index (κ3) is 4.63. The number of aromatic nitrogens is 3. The monoisotopic (exact) mass is 463 g/mol. The maximum atomic E-state index is 12.7. The number of anilines is 1. The molecule has 3 heterocycles. The van der Waals surface area contributed by atoms with Gasteiger partial charge in [-0.1, -0.05) is 35.9 Å². The summed E-state index contributed by atoms with van der Waals surface area (Å²) in [4.78, 5) is 20.8.